The van der Waals surface area contributed by atoms with Crippen molar-refractivity contribution in [3.8, 4) is 0 Å². The maximum Gasteiger partial charge on any atom is 0.226 e. The van der Waals surface area contributed by atoms with Gasteiger partial charge in [-0.15, -0.1) is 11.3 Å². The highest BCUT2D eigenvalue weighted by molar-refractivity contribution is 7.19. The van der Waals surface area contributed by atoms with E-state index in [4.69, 9.17) is 11.6 Å². The number of hydrogen-bond acceptors (Lipinski definition) is 7. The Bertz CT molecular complexity index is 1400. The van der Waals surface area contributed by atoms with E-state index in [2.05, 4.69) is 44.3 Å². The molecule has 0 bridgehead atoms. The second-order valence-corrected chi connectivity index (χ2v) is 10.9. The number of anilines is 2. The van der Waals surface area contributed by atoms with Crippen molar-refractivity contribution < 1.29 is 4.79 Å². The second-order valence-electron chi connectivity index (χ2n) is 9.40. The molecule has 1 aliphatic carbocycles. The fourth-order valence-corrected chi connectivity index (χ4v) is 6.66. The topological polar surface area (TPSA) is 78.7 Å². The number of fused-ring (bicyclic) bond motifs is 4. The van der Waals surface area contributed by atoms with Crippen molar-refractivity contribution in [2.24, 2.45) is 5.92 Å². The lowest BCUT2D eigenvalue weighted by Gasteiger charge is -2.27. The predicted molar refractivity (Wildman–Crippen MR) is 135 cm³/mol. The van der Waals surface area contributed by atoms with Crippen LogP contribution in [0.4, 0.5) is 11.5 Å². The van der Waals surface area contributed by atoms with Crippen LogP contribution in [0.2, 0.25) is 5.02 Å². The van der Waals surface area contributed by atoms with Gasteiger partial charge in [-0.05, 0) is 57.5 Å². The van der Waals surface area contributed by atoms with Crippen LogP contribution in [0, 0.1) is 5.92 Å². The minimum Gasteiger partial charge on any atom is -0.341 e. The number of halogens is 1. The zero-order valence-electron chi connectivity index (χ0n) is 19.2. The van der Waals surface area contributed by atoms with Crippen LogP contribution in [0.5, 0.6) is 0 Å². The van der Waals surface area contributed by atoms with Crippen LogP contribution in [-0.2, 0) is 17.6 Å². The SMILES string of the molecule is CN(C)C1CCN(C(=O)[C@H]2CCc3c(sc4ncnc(Nc5cc6ccnn6cc5Cl)c34)C2)C1. The lowest BCUT2D eigenvalue weighted by Crippen LogP contribution is -2.39. The summed E-state index contributed by atoms with van der Waals surface area (Å²) in [7, 11) is 4.19. The number of nitrogens with zero attached hydrogens (tertiary/aromatic N) is 6. The Morgan fingerprint density at radius 3 is 3.00 bits per heavy atom. The maximum atomic E-state index is 13.3. The van der Waals surface area contributed by atoms with Gasteiger partial charge in [0.2, 0.25) is 5.91 Å². The van der Waals surface area contributed by atoms with Gasteiger partial charge in [-0.2, -0.15) is 5.10 Å². The maximum absolute atomic E-state index is 13.3. The van der Waals surface area contributed by atoms with E-state index in [0.717, 1.165) is 66.0 Å². The molecule has 8 nitrogen and oxygen atoms in total. The number of hydrogen-bond donors (Lipinski definition) is 1. The summed E-state index contributed by atoms with van der Waals surface area (Å²) >= 11 is 8.20. The van der Waals surface area contributed by atoms with Gasteiger partial charge in [-0.3, -0.25) is 4.79 Å². The third-order valence-corrected chi connectivity index (χ3v) is 8.60. The highest BCUT2D eigenvalue weighted by Gasteiger charge is 2.35. The van der Waals surface area contributed by atoms with Crippen molar-refractivity contribution in [1.82, 2.24) is 29.4 Å². The van der Waals surface area contributed by atoms with Crippen LogP contribution >= 0.6 is 22.9 Å². The summed E-state index contributed by atoms with van der Waals surface area (Å²) in [6.45, 7) is 1.70. The monoisotopic (exact) mass is 495 g/mol. The standard InChI is InChI=1S/C24H26ClN7OS/c1-30(2)16-6-8-31(11-16)24(33)14-3-4-17-20(9-14)34-23-21(17)22(26-13-27-23)29-19-10-15-5-7-28-32(15)12-18(19)25/h5,7,10,12-14,16H,3-4,6,8-9,11H2,1-2H3,(H,26,27,29)/t14-,16?/m0/s1. The molecule has 5 heterocycles. The number of pyridine rings is 1. The molecule has 4 aromatic rings. The average molecular weight is 496 g/mol. The van der Waals surface area contributed by atoms with Crippen molar-refractivity contribution >= 4 is 56.1 Å². The number of rotatable bonds is 4. The molecule has 1 amide bonds. The zero-order chi connectivity index (χ0) is 23.4. The van der Waals surface area contributed by atoms with Crippen molar-refractivity contribution in [1.29, 1.82) is 0 Å². The molecule has 0 spiro atoms. The molecular formula is C24H26ClN7OS. The molecule has 1 fully saturated rings. The number of aryl methyl sites for hydroxylation is 1. The minimum atomic E-state index is 0.0459. The van der Waals surface area contributed by atoms with Gasteiger partial charge in [0.1, 0.15) is 17.0 Å². The molecule has 0 saturated carbocycles. The van der Waals surface area contributed by atoms with E-state index in [1.807, 2.05) is 12.1 Å². The molecule has 34 heavy (non-hydrogen) atoms. The molecule has 1 unspecified atom stereocenters. The van der Waals surface area contributed by atoms with Gasteiger partial charge in [-0.25, -0.2) is 14.5 Å². The van der Waals surface area contributed by atoms with Gasteiger partial charge >= 0.3 is 0 Å². The Labute approximate surface area is 206 Å². The molecule has 2 aliphatic rings. The summed E-state index contributed by atoms with van der Waals surface area (Å²) in [5.41, 5.74) is 2.99. The number of likely N-dealkylation sites (tertiary alicyclic amines) is 1. The smallest absolute Gasteiger partial charge is 0.226 e. The van der Waals surface area contributed by atoms with Crippen LogP contribution in [0.25, 0.3) is 15.7 Å². The largest absolute Gasteiger partial charge is 0.341 e. The first-order valence-electron chi connectivity index (χ1n) is 11.6. The van der Waals surface area contributed by atoms with Crippen LogP contribution in [0.1, 0.15) is 23.3 Å². The zero-order valence-corrected chi connectivity index (χ0v) is 20.7. The van der Waals surface area contributed by atoms with Crippen LogP contribution in [0.3, 0.4) is 0 Å². The third-order valence-electron chi connectivity index (χ3n) is 7.14. The number of carbonyl (C=O) groups excluding carboxylic acids is 1. The number of carbonyl (C=O) groups is 1. The van der Waals surface area contributed by atoms with E-state index in [1.165, 1.54) is 10.4 Å². The number of thiophene rings is 1. The van der Waals surface area contributed by atoms with E-state index >= 15 is 0 Å². The molecule has 0 aromatic carbocycles. The Kier molecular flexibility index (Phi) is 5.43. The first-order chi connectivity index (χ1) is 16.5. The van der Waals surface area contributed by atoms with E-state index in [0.29, 0.717) is 17.0 Å². The van der Waals surface area contributed by atoms with Gasteiger partial charge < -0.3 is 15.1 Å². The number of nitrogens with one attached hydrogen (secondary N) is 1. The van der Waals surface area contributed by atoms with Gasteiger partial charge in [-0.1, -0.05) is 11.6 Å². The van der Waals surface area contributed by atoms with E-state index in [9.17, 15) is 4.79 Å². The van der Waals surface area contributed by atoms with E-state index in [1.54, 1.807) is 34.6 Å². The van der Waals surface area contributed by atoms with Crippen LogP contribution in [-0.4, -0.2) is 68.5 Å². The summed E-state index contributed by atoms with van der Waals surface area (Å²) < 4.78 is 1.74. The van der Waals surface area contributed by atoms with Crippen molar-refractivity contribution in [2.75, 3.05) is 32.5 Å². The predicted octanol–water partition coefficient (Wildman–Crippen LogP) is 4.00. The highest BCUT2D eigenvalue weighted by Crippen LogP contribution is 2.41. The highest BCUT2D eigenvalue weighted by atomic mass is 35.5. The van der Waals surface area contributed by atoms with Gasteiger partial charge in [0, 0.05) is 42.3 Å². The molecule has 176 valence electrons. The molecule has 4 aromatic heterocycles. The minimum absolute atomic E-state index is 0.0459. The second kappa shape index (κ2) is 8.48. The molecule has 10 heteroatoms. The fourth-order valence-electron chi connectivity index (χ4n) is 5.20. The van der Waals surface area contributed by atoms with E-state index in [-0.39, 0.29) is 5.92 Å². The lowest BCUT2D eigenvalue weighted by atomic mass is 9.87. The Morgan fingerprint density at radius 2 is 2.18 bits per heavy atom. The average Bonchev–Trinajstić information content (AvgIpc) is 3.56. The molecule has 6 rings (SSSR count). The number of amides is 1. The van der Waals surface area contributed by atoms with Gasteiger partial charge in [0.05, 0.1) is 21.6 Å². The summed E-state index contributed by atoms with van der Waals surface area (Å²) in [4.78, 5) is 28.9. The summed E-state index contributed by atoms with van der Waals surface area (Å²) in [5, 5.41) is 9.28. The van der Waals surface area contributed by atoms with Gasteiger partial charge in [0.15, 0.2) is 0 Å². The Hall–Kier alpha value is -2.75. The third kappa shape index (κ3) is 3.72. The fraction of sp³-hybridized carbons (Fsp3) is 0.417. The summed E-state index contributed by atoms with van der Waals surface area (Å²) in [5.74, 6) is 1.11. The molecule has 1 N–H and O–H groups in total. The molecule has 1 aliphatic heterocycles. The molecule has 1 saturated heterocycles. The first-order valence-corrected chi connectivity index (χ1v) is 12.8. The summed E-state index contributed by atoms with van der Waals surface area (Å²) in [6.07, 6.45) is 8.67. The van der Waals surface area contributed by atoms with Gasteiger partial charge in [0.25, 0.3) is 0 Å². The summed E-state index contributed by atoms with van der Waals surface area (Å²) in [6, 6.07) is 4.36. The first kappa shape index (κ1) is 21.8. The Morgan fingerprint density at radius 1 is 1.29 bits per heavy atom. The molecular weight excluding hydrogens is 470 g/mol. The van der Waals surface area contributed by atoms with Crippen molar-refractivity contribution in [3.63, 3.8) is 0 Å². The van der Waals surface area contributed by atoms with Crippen molar-refractivity contribution in [3.05, 3.63) is 46.3 Å². The van der Waals surface area contributed by atoms with Crippen LogP contribution < -0.4 is 5.32 Å². The van der Waals surface area contributed by atoms with Crippen LogP contribution in [0.15, 0.2) is 30.9 Å². The molecule has 0 radical (unpaired) electrons. The van der Waals surface area contributed by atoms with E-state index < -0.39 is 0 Å². The molecule has 2 atom stereocenters. The normalized spacial score (nSPS) is 20.4. The lowest BCUT2D eigenvalue weighted by molar-refractivity contribution is -0.134. The number of aromatic nitrogens is 4. The Balaban J connectivity index is 1.27. The quantitative estimate of drug-likeness (QED) is 0.461. The number of likely N-dealkylation sites (N-methyl/N-ethyl adjacent to an activating group) is 1. The van der Waals surface area contributed by atoms with Crippen molar-refractivity contribution in [2.45, 2.75) is 31.7 Å².